The number of carbonyl (C=O) groups excluding carboxylic acids is 2. The standard InChI is InChI=1S/C22H17FN2O5/c23-17-11-12-18(19(13-17)25(28)29)24-20(26)14-30-22(27)21(15-7-3-1-4-8-15)16-9-5-2-6-10-16/h1-13,21H,14H2,(H,24,26). The summed E-state index contributed by atoms with van der Waals surface area (Å²) in [5, 5.41) is 13.3. The quantitative estimate of drug-likeness (QED) is 0.361. The Balaban J connectivity index is 1.72. The van der Waals surface area contributed by atoms with E-state index in [-0.39, 0.29) is 5.69 Å². The molecule has 30 heavy (non-hydrogen) atoms. The molecule has 3 aromatic carbocycles. The Bertz CT molecular complexity index is 1020. The summed E-state index contributed by atoms with van der Waals surface area (Å²) in [7, 11) is 0. The minimum atomic E-state index is -0.814. The highest BCUT2D eigenvalue weighted by Crippen LogP contribution is 2.27. The van der Waals surface area contributed by atoms with Gasteiger partial charge in [0.05, 0.1) is 11.0 Å². The smallest absolute Gasteiger partial charge is 0.318 e. The van der Waals surface area contributed by atoms with Crippen LogP contribution < -0.4 is 5.32 Å². The zero-order valence-corrected chi connectivity index (χ0v) is 15.7. The summed E-state index contributed by atoms with van der Waals surface area (Å²) in [6, 6.07) is 20.7. The number of ether oxygens (including phenoxy) is 1. The van der Waals surface area contributed by atoms with E-state index in [1.807, 2.05) is 12.1 Å². The molecule has 0 aliphatic carbocycles. The van der Waals surface area contributed by atoms with Crippen molar-refractivity contribution in [2.75, 3.05) is 11.9 Å². The molecule has 8 heteroatoms. The number of nitrogens with zero attached hydrogens (tertiary/aromatic N) is 1. The van der Waals surface area contributed by atoms with Crippen LogP contribution in [0.3, 0.4) is 0 Å². The van der Waals surface area contributed by atoms with Crippen LogP contribution >= 0.6 is 0 Å². The minimum absolute atomic E-state index is 0.190. The van der Waals surface area contributed by atoms with Crippen molar-refractivity contribution in [2.24, 2.45) is 0 Å². The fourth-order valence-electron chi connectivity index (χ4n) is 2.92. The number of amides is 1. The number of anilines is 1. The van der Waals surface area contributed by atoms with Gasteiger partial charge in [-0.25, -0.2) is 4.39 Å². The van der Waals surface area contributed by atoms with Crippen molar-refractivity contribution < 1.29 is 23.6 Å². The molecule has 0 aliphatic heterocycles. The van der Waals surface area contributed by atoms with E-state index in [1.54, 1.807) is 48.5 Å². The number of benzene rings is 3. The van der Waals surface area contributed by atoms with E-state index >= 15 is 0 Å². The van der Waals surface area contributed by atoms with Crippen molar-refractivity contribution >= 4 is 23.3 Å². The van der Waals surface area contributed by atoms with E-state index in [0.29, 0.717) is 17.2 Å². The number of nitro benzene ring substituents is 1. The first-order valence-corrected chi connectivity index (χ1v) is 8.96. The predicted molar refractivity (Wildman–Crippen MR) is 107 cm³/mol. The SMILES string of the molecule is O=C(COC(=O)C(c1ccccc1)c1ccccc1)Nc1ccc(F)cc1[N+](=O)[O-]. The topological polar surface area (TPSA) is 98.5 Å². The van der Waals surface area contributed by atoms with Crippen LogP contribution in [0, 0.1) is 15.9 Å². The number of nitrogens with one attached hydrogen (secondary N) is 1. The number of hydrogen-bond donors (Lipinski definition) is 1. The minimum Gasteiger partial charge on any atom is -0.455 e. The fraction of sp³-hybridized carbons (Fsp3) is 0.0909. The number of rotatable bonds is 7. The van der Waals surface area contributed by atoms with Crippen molar-refractivity contribution in [1.82, 2.24) is 0 Å². The van der Waals surface area contributed by atoms with Crippen LogP contribution in [0.25, 0.3) is 0 Å². The molecule has 3 aromatic rings. The maximum Gasteiger partial charge on any atom is 0.318 e. The third-order valence-electron chi connectivity index (χ3n) is 4.28. The highest BCUT2D eigenvalue weighted by molar-refractivity contribution is 5.95. The molecule has 0 radical (unpaired) electrons. The van der Waals surface area contributed by atoms with Crippen LogP contribution in [-0.2, 0) is 14.3 Å². The van der Waals surface area contributed by atoms with Crippen LogP contribution in [0.15, 0.2) is 78.9 Å². The van der Waals surface area contributed by atoms with Crippen molar-refractivity contribution in [1.29, 1.82) is 0 Å². The number of hydrogen-bond acceptors (Lipinski definition) is 5. The van der Waals surface area contributed by atoms with Gasteiger partial charge in [0.25, 0.3) is 11.6 Å². The highest BCUT2D eigenvalue weighted by atomic mass is 19.1. The van der Waals surface area contributed by atoms with Gasteiger partial charge in [0.2, 0.25) is 0 Å². The van der Waals surface area contributed by atoms with Crippen LogP contribution in [0.4, 0.5) is 15.8 Å². The zero-order valence-electron chi connectivity index (χ0n) is 15.7. The van der Waals surface area contributed by atoms with Gasteiger partial charge in [0, 0.05) is 0 Å². The first-order chi connectivity index (χ1) is 14.5. The fourth-order valence-corrected chi connectivity index (χ4v) is 2.92. The molecular weight excluding hydrogens is 391 g/mol. The van der Waals surface area contributed by atoms with E-state index in [9.17, 15) is 24.1 Å². The molecule has 7 nitrogen and oxygen atoms in total. The average Bonchev–Trinajstić information content (AvgIpc) is 2.75. The monoisotopic (exact) mass is 408 g/mol. The van der Waals surface area contributed by atoms with Gasteiger partial charge >= 0.3 is 5.97 Å². The van der Waals surface area contributed by atoms with E-state index < -0.39 is 40.8 Å². The Morgan fingerprint density at radius 2 is 1.53 bits per heavy atom. The second kappa shape index (κ2) is 9.42. The molecule has 1 N–H and O–H groups in total. The summed E-state index contributed by atoms with van der Waals surface area (Å²) in [6.45, 7) is -0.649. The van der Waals surface area contributed by atoms with Crippen molar-refractivity contribution in [2.45, 2.75) is 5.92 Å². The van der Waals surface area contributed by atoms with E-state index in [1.165, 1.54) is 0 Å². The summed E-state index contributed by atoms with van der Waals surface area (Å²) in [5.74, 6) is -2.96. The normalized spacial score (nSPS) is 10.5. The predicted octanol–water partition coefficient (Wildman–Crippen LogP) is 4.05. The summed E-state index contributed by atoms with van der Waals surface area (Å²) in [4.78, 5) is 35.1. The van der Waals surface area contributed by atoms with Gasteiger partial charge < -0.3 is 10.1 Å². The molecule has 0 aromatic heterocycles. The maximum absolute atomic E-state index is 13.2. The largest absolute Gasteiger partial charge is 0.455 e. The van der Waals surface area contributed by atoms with Gasteiger partial charge in [-0.1, -0.05) is 60.7 Å². The Labute approximate surface area is 171 Å². The molecule has 0 bridgehead atoms. The average molecular weight is 408 g/mol. The maximum atomic E-state index is 13.2. The van der Waals surface area contributed by atoms with Gasteiger partial charge in [-0.05, 0) is 23.3 Å². The summed E-state index contributed by atoms with van der Waals surface area (Å²) >= 11 is 0. The van der Waals surface area contributed by atoms with E-state index in [4.69, 9.17) is 4.74 Å². The Morgan fingerprint density at radius 1 is 0.967 bits per heavy atom. The molecule has 0 saturated carbocycles. The lowest BCUT2D eigenvalue weighted by molar-refractivity contribution is -0.384. The molecule has 0 unspecified atom stereocenters. The molecule has 0 fully saturated rings. The molecular formula is C22H17FN2O5. The highest BCUT2D eigenvalue weighted by Gasteiger charge is 2.25. The van der Waals surface area contributed by atoms with Gasteiger partial charge in [-0.3, -0.25) is 19.7 Å². The molecule has 0 saturated heterocycles. The molecule has 0 spiro atoms. The molecule has 0 atom stereocenters. The summed E-state index contributed by atoms with van der Waals surface area (Å²) < 4.78 is 18.4. The van der Waals surface area contributed by atoms with Crippen LogP contribution in [-0.4, -0.2) is 23.4 Å². The van der Waals surface area contributed by atoms with Crippen LogP contribution in [0.1, 0.15) is 17.0 Å². The van der Waals surface area contributed by atoms with Gasteiger partial charge in [-0.15, -0.1) is 0 Å². The Kier molecular flexibility index (Phi) is 6.49. The third kappa shape index (κ3) is 5.05. The third-order valence-corrected chi connectivity index (χ3v) is 4.28. The Morgan fingerprint density at radius 3 is 2.07 bits per heavy atom. The second-order valence-corrected chi connectivity index (χ2v) is 6.33. The van der Waals surface area contributed by atoms with Crippen molar-refractivity contribution in [3.8, 4) is 0 Å². The number of carbonyl (C=O) groups is 2. The van der Waals surface area contributed by atoms with Crippen LogP contribution in [0.5, 0.6) is 0 Å². The number of nitro groups is 1. The zero-order chi connectivity index (χ0) is 21.5. The van der Waals surface area contributed by atoms with Gasteiger partial charge in [0.1, 0.15) is 17.4 Å². The van der Waals surface area contributed by atoms with E-state index in [2.05, 4.69) is 5.32 Å². The first kappa shape index (κ1) is 20.7. The van der Waals surface area contributed by atoms with E-state index in [0.717, 1.165) is 12.1 Å². The molecule has 0 aliphatic rings. The van der Waals surface area contributed by atoms with Crippen LogP contribution in [0.2, 0.25) is 0 Å². The second-order valence-electron chi connectivity index (χ2n) is 6.33. The molecule has 152 valence electrons. The molecule has 0 heterocycles. The number of halogens is 1. The Hall–Kier alpha value is -4.07. The summed E-state index contributed by atoms with van der Waals surface area (Å²) in [6.07, 6.45) is 0. The first-order valence-electron chi connectivity index (χ1n) is 8.96. The number of esters is 1. The molecule has 1 amide bonds. The lowest BCUT2D eigenvalue weighted by Crippen LogP contribution is -2.24. The molecule has 3 rings (SSSR count). The van der Waals surface area contributed by atoms with Gasteiger partial charge in [0.15, 0.2) is 6.61 Å². The van der Waals surface area contributed by atoms with Crippen molar-refractivity contribution in [3.63, 3.8) is 0 Å². The van der Waals surface area contributed by atoms with Crippen molar-refractivity contribution in [3.05, 3.63) is 106 Å². The summed E-state index contributed by atoms with van der Waals surface area (Å²) in [5.41, 5.74) is 0.609. The lowest BCUT2D eigenvalue weighted by Gasteiger charge is -2.17. The lowest BCUT2D eigenvalue weighted by atomic mass is 9.91. The van der Waals surface area contributed by atoms with Gasteiger partial charge in [-0.2, -0.15) is 0 Å².